The van der Waals surface area contributed by atoms with E-state index in [4.69, 9.17) is 16.5 Å². The lowest BCUT2D eigenvalue weighted by Gasteiger charge is -2.32. The number of amides is 1. The fourth-order valence-electron chi connectivity index (χ4n) is 2.62. The van der Waals surface area contributed by atoms with Gasteiger partial charge in [0, 0.05) is 0 Å². The Bertz CT molecular complexity index is 676. The normalized spacial score (nSPS) is 12.4. The van der Waals surface area contributed by atoms with Gasteiger partial charge in [-0.3, -0.25) is 4.90 Å². The first-order valence-electron chi connectivity index (χ1n) is 10.4. The summed E-state index contributed by atoms with van der Waals surface area (Å²) in [5, 5.41) is 9.72. The average molecular weight is 492 g/mol. The Kier molecular flexibility index (Phi) is 13.8. The van der Waals surface area contributed by atoms with Gasteiger partial charge in [0.1, 0.15) is 12.6 Å². The van der Waals surface area contributed by atoms with E-state index in [-0.39, 0.29) is 12.9 Å². The van der Waals surface area contributed by atoms with Gasteiger partial charge in [0.05, 0.1) is 10.7 Å². The number of carboxylic acid groups (broad SMARTS) is 1. The molecule has 1 aromatic rings. The third kappa shape index (κ3) is 10.1. The molecule has 0 saturated carbocycles. The molecule has 0 aromatic heterocycles. The molecule has 1 unspecified atom stereocenters. The van der Waals surface area contributed by atoms with Crippen LogP contribution in [0.25, 0.3) is 0 Å². The van der Waals surface area contributed by atoms with Crippen LogP contribution in [0.1, 0.15) is 58.4 Å². The zero-order chi connectivity index (χ0) is 22.4. The maximum atomic E-state index is 13.0. The van der Waals surface area contributed by atoms with E-state index >= 15 is 0 Å². The molecule has 0 aliphatic rings. The van der Waals surface area contributed by atoms with Gasteiger partial charge in [0.15, 0.2) is 0 Å². The van der Waals surface area contributed by atoms with Gasteiger partial charge in [0.25, 0.3) is 0 Å². The molecule has 9 heteroatoms. The molecular weight excluding hydrogens is 457 g/mol. The molecule has 0 saturated heterocycles. The van der Waals surface area contributed by atoms with Crippen molar-refractivity contribution in [2.24, 2.45) is 0 Å². The molecule has 1 N–H and O–H groups in total. The Balaban J connectivity index is 2.99. The molecule has 0 bridgehead atoms. The number of carboxylic acids is 1. The Morgan fingerprint density at radius 1 is 1.10 bits per heavy atom. The number of rotatable bonds is 15. The molecule has 30 heavy (non-hydrogen) atoms. The summed E-state index contributed by atoms with van der Waals surface area (Å²) in [7, 11) is 0. The number of nitrogens with zero attached hydrogens (tertiary/aromatic N) is 1. The first-order valence-corrected chi connectivity index (χ1v) is 16.6. The summed E-state index contributed by atoms with van der Waals surface area (Å²) in [6, 6.07) is 8.46. The highest BCUT2D eigenvalue weighted by atomic mass is 33.2. The molecular formula is C21H34NO4PS3. The SMILES string of the molecule is CCCCSP(=S)(CN(C(=O)OCc1ccccc1)C(CC)C(=O)O)SCCCC. The first-order chi connectivity index (χ1) is 14.4. The van der Waals surface area contributed by atoms with E-state index in [2.05, 4.69) is 13.8 Å². The van der Waals surface area contributed by atoms with E-state index in [9.17, 15) is 14.7 Å². The molecule has 0 radical (unpaired) electrons. The fourth-order valence-corrected chi connectivity index (χ4v) is 12.6. The van der Waals surface area contributed by atoms with Crippen LogP contribution < -0.4 is 0 Å². The summed E-state index contributed by atoms with van der Waals surface area (Å²) in [5.41, 5.74) is 0.864. The van der Waals surface area contributed by atoms with Crippen LogP contribution in [-0.2, 0) is 27.9 Å². The standard InChI is InChI=1S/C21H34NO4PS3/c1-4-7-14-29-27(28,30-15-8-5-2)17-22(19(6-3)20(23)24)21(25)26-16-18-12-10-9-11-13-18/h9-13,19H,4-8,14-17H2,1-3H3,(H,23,24). The smallest absolute Gasteiger partial charge is 0.411 e. The van der Waals surface area contributed by atoms with Crippen LogP contribution in [0, 0.1) is 0 Å². The average Bonchev–Trinajstić information content (AvgIpc) is 2.73. The molecule has 0 aliphatic carbocycles. The van der Waals surface area contributed by atoms with Crippen LogP contribution in [0.5, 0.6) is 0 Å². The monoisotopic (exact) mass is 491 g/mol. The highest BCUT2D eigenvalue weighted by Gasteiger charge is 2.34. The number of ether oxygens (including phenoxy) is 1. The van der Waals surface area contributed by atoms with Gasteiger partial charge in [-0.2, -0.15) is 0 Å². The number of carbonyl (C=O) groups is 2. The van der Waals surface area contributed by atoms with Gasteiger partial charge in [-0.05, 0) is 36.3 Å². The zero-order valence-electron chi connectivity index (χ0n) is 18.1. The molecule has 1 amide bonds. The van der Waals surface area contributed by atoms with Crippen LogP contribution in [-0.4, -0.2) is 45.9 Å². The minimum atomic E-state index is -2.06. The van der Waals surface area contributed by atoms with Crippen molar-refractivity contribution < 1.29 is 19.4 Å². The second-order valence-corrected chi connectivity index (χ2v) is 19.0. The van der Waals surface area contributed by atoms with E-state index < -0.39 is 22.5 Å². The predicted octanol–water partition coefficient (Wildman–Crippen LogP) is 6.82. The largest absolute Gasteiger partial charge is 0.480 e. The quantitative estimate of drug-likeness (QED) is 0.213. The van der Waals surface area contributed by atoms with Gasteiger partial charge in [0.2, 0.25) is 0 Å². The first kappa shape index (κ1) is 27.3. The van der Waals surface area contributed by atoms with E-state index in [0.29, 0.717) is 6.42 Å². The molecule has 0 spiro atoms. The highest BCUT2D eigenvalue weighted by molar-refractivity contribution is 9.00. The van der Waals surface area contributed by atoms with Gasteiger partial charge in [-0.15, -0.1) is 22.8 Å². The van der Waals surface area contributed by atoms with Crippen LogP contribution >= 0.6 is 27.2 Å². The van der Waals surface area contributed by atoms with Crippen LogP contribution in [0.15, 0.2) is 30.3 Å². The van der Waals surface area contributed by atoms with E-state index in [1.54, 1.807) is 29.7 Å². The molecule has 0 fully saturated rings. The molecule has 5 nitrogen and oxygen atoms in total. The zero-order valence-corrected chi connectivity index (χ0v) is 21.5. The van der Waals surface area contributed by atoms with Crippen molar-refractivity contribution in [2.75, 3.05) is 17.8 Å². The Labute approximate surface area is 194 Å². The van der Waals surface area contributed by atoms with Gasteiger partial charge >= 0.3 is 12.1 Å². The number of unbranched alkanes of at least 4 members (excludes halogenated alkanes) is 2. The second-order valence-electron chi connectivity index (χ2n) is 6.90. The Morgan fingerprint density at radius 3 is 2.13 bits per heavy atom. The fraction of sp³-hybridized carbons (Fsp3) is 0.619. The Morgan fingerprint density at radius 2 is 1.67 bits per heavy atom. The second kappa shape index (κ2) is 15.2. The molecule has 0 heterocycles. The molecule has 1 aromatic carbocycles. The lowest BCUT2D eigenvalue weighted by atomic mass is 10.2. The number of carbonyl (C=O) groups excluding carboxylic acids is 1. The topological polar surface area (TPSA) is 66.8 Å². The van der Waals surface area contributed by atoms with Crippen LogP contribution in [0.2, 0.25) is 0 Å². The van der Waals surface area contributed by atoms with Crippen molar-refractivity contribution in [3.05, 3.63) is 35.9 Å². The summed E-state index contributed by atoms with van der Waals surface area (Å²) in [4.78, 5) is 26.2. The van der Waals surface area contributed by atoms with Gasteiger partial charge in [-0.1, -0.05) is 75.8 Å². The molecule has 1 atom stereocenters. The lowest BCUT2D eigenvalue weighted by molar-refractivity contribution is -0.142. The minimum absolute atomic E-state index is 0.112. The maximum absolute atomic E-state index is 13.0. The number of aliphatic carboxylic acids is 1. The Hall–Kier alpha value is -0.690. The van der Waals surface area contributed by atoms with Crippen molar-refractivity contribution in [2.45, 2.75) is 65.5 Å². The summed E-state index contributed by atoms with van der Waals surface area (Å²) in [5.74, 6) is 0.848. The van der Waals surface area contributed by atoms with Crippen LogP contribution in [0.3, 0.4) is 0 Å². The van der Waals surface area contributed by atoms with Crippen molar-refractivity contribution >= 4 is 51.1 Å². The van der Waals surface area contributed by atoms with Crippen LogP contribution in [0.4, 0.5) is 4.79 Å². The number of hydrogen-bond acceptors (Lipinski definition) is 6. The molecule has 0 aliphatic heterocycles. The van der Waals surface area contributed by atoms with Gasteiger partial charge in [-0.25, -0.2) is 9.59 Å². The van der Waals surface area contributed by atoms with Crippen molar-refractivity contribution in [3.63, 3.8) is 0 Å². The predicted molar refractivity (Wildman–Crippen MR) is 134 cm³/mol. The summed E-state index contributed by atoms with van der Waals surface area (Å²) in [6.45, 7) is 6.16. The maximum Gasteiger partial charge on any atom is 0.411 e. The summed E-state index contributed by atoms with van der Waals surface area (Å²) >= 11 is 9.54. The van der Waals surface area contributed by atoms with E-state index in [1.807, 2.05) is 30.3 Å². The summed E-state index contributed by atoms with van der Waals surface area (Å²) < 4.78 is 3.43. The highest BCUT2D eigenvalue weighted by Crippen LogP contribution is 2.70. The third-order valence-corrected chi connectivity index (χ3v) is 15.1. The van der Waals surface area contributed by atoms with E-state index in [0.717, 1.165) is 42.8 Å². The minimum Gasteiger partial charge on any atom is -0.480 e. The lowest BCUT2D eigenvalue weighted by Crippen LogP contribution is -2.45. The van der Waals surface area contributed by atoms with E-state index in [1.165, 1.54) is 4.90 Å². The van der Waals surface area contributed by atoms with Gasteiger partial charge < -0.3 is 9.84 Å². The summed E-state index contributed by atoms with van der Waals surface area (Å²) in [6.07, 6.45) is 4.26. The number of benzene rings is 1. The third-order valence-electron chi connectivity index (χ3n) is 4.38. The van der Waals surface area contributed by atoms with Crippen molar-refractivity contribution in [3.8, 4) is 0 Å². The molecule has 1 rings (SSSR count). The number of hydrogen-bond donors (Lipinski definition) is 1. The molecule has 170 valence electrons. The van der Waals surface area contributed by atoms with Crippen molar-refractivity contribution in [1.82, 2.24) is 4.90 Å². The van der Waals surface area contributed by atoms with Crippen molar-refractivity contribution in [1.29, 1.82) is 0 Å².